The van der Waals surface area contributed by atoms with Crippen molar-refractivity contribution in [2.45, 2.75) is 53.1 Å². The van der Waals surface area contributed by atoms with Gasteiger partial charge in [-0.3, -0.25) is 4.79 Å². The highest BCUT2D eigenvalue weighted by Gasteiger charge is 2.31. The van der Waals surface area contributed by atoms with Gasteiger partial charge in [0.25, 0.3) is 0 Å². The summed E-state index contributed by atoms with van der Waals surface area (Å²) in [6, 6.07) is 0. The first-order valence-corrected chi connectivity index (χ1v) is 5.76. The molecule has 0 aromatic heterocycles. The molecular formula is C12H22O2. The fourth-order valence-corrected chi connectivity index (χ4v) is 1.89. The average molecular weight is 198 g/mol. The largest absolute Gasteiger partial charge is 0.462 e. The van der Waals surface area contributed by atoms with E-state index in [4.69, 9.17) is 4.74 Å². The Morgan fingerprint density at radius 3 is 2.64 bits per heavy atom. The average Bonchev–Trinajstić information content (AvgIpc) is 2.31. The van der Waals surface area contributed by atoms with Crippen molar-refractivity contribution in [3.05, 3.63) is 0 Å². The number of esters is 1. The number of carbonyl (C=O) groups excluding carboxylic acids is 1. The maximum Gasteiger partial charge on any atom is 0.309 e. The van der Waals surface area contributed by atoms with E-state index in [1.807, 2.05) is 6.92 Å². The van der Waals surface area contributed by atoms with Gasteiger partial charge < -0.3 is 4.74 Å². The summed E-state index contributed by atoms with van der Waals surface area (Å²) in [6.45, 7) is 8.44. The third kappa shape index (κ3) is 2.49. The van der Waals surface area contributed by atoms with Gasteiger partial charge in [-0.2, -0.15) is 0 Å². The summed E-state index contributed by atoms with van der Waals surface area (Å²) in [6.07, 6.45) is 3.38. The Hall–Kier alpha value is -0.530. The smallest absolute Gasteiger partial charge is 0.309 e. The molecule has 0 aromatic rings. The molecule has 1 fully saturated rings. The summed E-state index contributed by atoms with van der Waals surface area (Å²) < 4.78 is 5.51. The van der Waals surface area contributed by atoms with Crippen LogP contribution in [-0.2, 0) is 9.53 Å². The second-order valence-corrected chi connectivity index (χ2v) is 4.70. The second-order valence-electron chi connectivity index (χ2n) is 4.70. The lowest BCUT2D eigenvalue weighted by Gasteiger charge is -2.21. The van der Waals surface area contributed by atoms with E-state index in [1.165, 1.54) is 0 Å². The maximum absolute atomic E-state index is 11.6. The molecule has 0 radical (unpaired) electrons. The summed E-state index contributed by atoms with van der Waals surface area (Å²) in [5.74, 6) is 1.04. The summed E-state index contributed by atoms with van der Waals surface area (Å²) in [5, 5.41) is 0. The van der Waals surface area contributed by atoms with Crippen LogP contribution in [0.5, 0.6) is 0 Å². The minimum atomic E-state index is 0.000278. The summed E-state index contributed by atoms with van der Waals surface area (Å²) in [5.41, 5.74) is 0. The summed E-state index contributed by atoms with van der Waals surface area (Å²) in [4.78, 5) is 11.6. The zero-order valence-corrected chi connectivity index (χ0v) is 9.75. The summed E-state index contributed by atoms with van der Waals surface area (Å²) in [7, 11) is 0. The number of ether oxygens (including phenoxy) is 1. The second kappa shape index (κ2) is 4.81. The Labute approximate surface area is 87.0 Å². The lowest BCUT2D eigenvalue weighted by molar-refractivity contribution is -0.155. The van der Waals surface area contributed by atoms with E-state index in [0.29, 0.717) is 11.8 Å². The van der Waals surface area contributed by atoms with Crippen LogP contribution in [0, 0.1) is 17.8 Å². The van der Waals surface area contributed by atoms with E-state index in [0.717, 1.165) is 19.3 Å². The van der Waals surface area contributed by atoms with Gasteiger partial charge in [-0.15, -0.1) is 0 Å². The van der Waals surface area contributed by atoms with Crippen molar-refractivity contribution in [1.29, 1.82) is 0 Å². The van der Waals surface area contributed by atoms with Crippen LogP contribution in [0.1, 0.15) is 47.0 Å². The SMILES string of the molecule is CCC(C)C1CCC(C)C(C)C(=O)O1. The standard InChI is InChI=1S/C12H22O2/c1-5-8(2)11-7-6-9(3)10(4)12(13)14-11/h8-11H,5-7H2,1-4H3. The van der Waals surface area contributed by atoms with E-state index in [1.54, 1.807) is 0 Å². The molecule has 0 aliphatic carbocycles. The number of hydrogen-bond donors (Lipinski definition) is 0. The van der Waals surface area contributed by atoms with Crippen molar-refractivity contribution in [3.8, 4) is 0 Å². The van der Waals surface area contributed by atoms with E-state index >= 15 is 0 Å². The quantitative estimate of drug-likeness (QED) is 0.637. The normalized spacial score (nSPS) is 36.0. The molecule has 1 saturated heterocycles. The Balaban J connectivity index is 2.63. The van der Waals surface area contributed by atoms with Crippen molar-refractivity contribution in [3.63, 3.8) is 0 Å². The van der Waals surface area contributed by atoms with Crippen LogP contribution in [0.2, 0.25) is 0 Å². The Bertz CT molecular complexity index is 200. The summed E-state index contributed by atoms with van der Waals surface area (Å²) >= 11 is 0. The number of rotatable bonds is 2. The third-order valence-corrected chi connectivity index (χ3v) is 3.68. The van der Waals surface area contributed by atoms with Crippen molar-refractivity contribution in [1.82, 2.24) is 0 Å². The van der Waals surface area contributed by atoms with Gasteiger partial charge in [-0.25, -0.2) is 0 Å². The number of carbonyl (C=O) groups is 1. The zero-order chi connectivity index (χ0) is 10.7. The zero-order valence-electron chi connectivity index (χ0n) is 9.75. The van der Waals surface area contributed by atoms with Gasteiger partial charge in [0.05, 0.1) is 5.92 Å². The molecule has 4 unspecified atom stereocenters. The first-order chi connectivity index (χ1) is 6.56. The molecule has 4 atom stereocenters. The van der Waals surface area contributed by atoms with E-state index in [9.17, 15) is 4.79 Å². The first kappa shape index (κ1) is 11.5. The molecular weight excluding hydrogens is 176 g/mol. The molecule has 1 aliphatic heterocycles. The Morgan fingerprint density at radius 1 is 1.43 bits per heavy atom. The number of cyclic esters (lactones) is 1. The maximum atomic E-state index is 11.6. The fourth-order valence-electron chi connectivity index (χ4n) is 1.89. The predicted molar refractivity (Wildman–Crippen MR) is 56.9 cm³/mol. The van der Waals surface area contributed by atoms with Gasteiger partial charge in [0.2, 0.25) is 0 Å². The molecule has 2 heteroatoms. The van der Waals surface area contributed by atoms with Crippen LogP contribution in [0.3, 0.4) is 0 Å². The first-order valence-electron chi connectivity index (χ1n) is 5.76. The molecule has 82 valence electrons. The molecule has 0 saturated carbocycles. The highest BCUT2D eigenvalue weighted by atomic mass is 16.5. The van der Waals surface area contributed by atoms with Crippen LogP contribution in [0.15, 0.2) is 0 Å². The molecule has 0 amide bonds. The van der Waals surface area contributed by atoms with Gasteiger partial charge in [0.1, 0.15) is 6.10 Å². The molecule has 0 bridgehead atoms. The molecule has 0 N–H and O–H groups in total. The Kier molecular flexibility index (Phi) is 3.97. The topological polar surface area (TPSA) is 26.3 Å². The van der Waals surface area contributed by atoms with Gasteiger partial charge in [-0.05, 0) is 24.7 Å². The number of hydrogen-bond acceptors (Lipinski definition) is 2. The van der Waals surface area contributed by atoms with Crippen LogP contribution < -0.4 is 0 Å². The molecule has 1 rings (SSSR count). The third-order valence-electron chi connectivity index (χ3n) is 3.68. The minimum absolute atomic E-state index is 0.000278. The van der Waals surface area contributed by atoms with Gasteiger partial charge in [0, 0.05) is 0 Å². The fraction of sp³-hybridized carbons (Fsp3) is 0.917. The van der Waals surface area contributed by atoms with E-state index in [2.05, 4.69) is 20.8 Å². The van der Waals surface area contributed by atoms with Gasteiger partial charge in [-0.1, -0.05) is 34.1 Å². The molecule has 14 heavy (non-hydrogen) atoms. The molecule has 0 aromatic carbocycles. The van der Waals surface area contributed by atoms with Crippen LogP contribution >= 0.6 is 0 Å². The highest BCUT2D eigenvalue weighted by molar-refractivity contribution is 5.72. The molecule has 0 spiro atoms. The lowest BCUT2D eigenvalue weighted by Crippen LogP contribution is -2.25. The molecule has 1 heterocycles. The van der Waals surface area contributed by atoms with Crippen LogP contribution in [0.25, 0.3) is 0 Å². The minimum Gasteiger partial charge on any atom is -0.462 e. The van der Waals surface area contributed by atoms with Crippen LogP contribution in [0.4, 0.5) is 0 Å². The predicted octanol–water partition coefficient (Wildman–Crippen LogP) is 3.01. The van der Waals surface area contributed by atoms with Crippen molar-refractivity contribution >= 4 is 5.97 Å². The van der Waals surface area contributed by atoms with E-state index in [-0.39, 0.29) is 18.0 Å². The molecule has 2 nitrogen and oxygen atoms in total. The highest BCUT2D eigenvalue weighted by Crippen LogP contribution is 2.28. The van der Waals surface area contributed by atoms with Gasteiger partial charge >= 0.3 is 5.97 Å². The molecule has 1 aliphatic rings. The van der Waals surface area contributed by atoms with Crippen molar-refractivity contribution in [2.24, 2.45) is 17.8 Å². The van der Waals surface area contributed by atoms with Crippen LogP contribution in [-0.4, -0.2) is 12.1 Å². The Morgan fingerprint density at radius 2 is 2.07 bits per heavy atom. The van der Waals surface area contributed by atoms with Crippen molar-refractivity contribution in [2.75, 3.05) is 0 Å². The van der Waals surface area contributed by atoms with E-state index < -0.39 is 0 Å². The van der Waals surface area contributed by atoms with Crippen molar-refractivity contribution < 1.29 is 9.53 Å². The monoisotopic (exact) mass is 198 g/mol. The van der Waals surface area contributed by atoms with Gasteiger partial charge in [0.15, 0.2) is 0 Å². The lowest BCUT2D eigenvalue weighted by atomic mass is 9.90.